The molecule has 0 bridgehead atoms. The number of hydrogen-bond donors (Lipinski definition) is 0. The van der Waals surface area contributed by atoms with Crippen molar-refractivity contribution >= 4 is 22.5 Å². The molecule has 0 radical (unpaired) electrons. The molecule has 3 rings (SSSR count). The van der Waals surface area contributed by atoms with Crippen LogP contribution in [0, 0.1) is 13.8 Å². The van der Waals surface area contributed by atoms with Gasteiger partial charge >= 0.3 is 0 Å². The third kappa shape index (κ3) is 2.54. The summed E-state index contributed by atoms with van der Waals surface area (Å²) in [6.45, 7) is 4.25. The van der Waals surface area contributed by atoms with Crippen LogP contribution in [0.1, 0.15) is 22.3 Å². The van der Waals surface area contributed by atoms with E-state index in [4.69, 9.17) is 11.6 Å². The number of pyridine rings is 1. The van der Waals surface area contributed by atoms with Crippen LogP contribution in [0.25, 0.3) is 10.9 Å². The summed E-state index contributed by atoms with van der Waals surface area (Å²) in [5.41, 5.74) is 5.95. The number of aromatic nitrogens is 1. The van der Waals surface area contributed by atoms with Crippen molar-refractivity contribution in [2.45, 2.75) is 20.3 Å². The quantitative estimate of drug-likeness (QED) is 0.637. The van der Waals surface area contributed by atoms with E-state index in [2.05, 4.69) is 43.1 Å². The van der Waals surface area contributed by atoms with Crippen molar-refractivity contribution in [3.05, 3.63) is 75.9 Å². The summed E-state index contributed by atoms with van der Waals surface area (Å²) in [5.74, 6) is 0. The average Bonchev–Trinajstić information content (AvgIpc) is 2.41. The number of benzene rings is 2. The fourth-order valence-electron chi connectivity index (χ4n) is 2.72. The van der Waals surface area contributed by atoms with Gasteiger partial charge in [-0.3, -0.25) is 4.98 Å². The van der Waals surface area contributed by atoms with E-state index < -0.39 is 0 Å². The second kappa shape index (κ2) is 5.26. The molecule has 0 unspecified atom stereocenters. The first-order valence-electron chi connectivity index (χ1n) is 6.73. The van der Waals surface area contributed by atoms with Crippen LogP contribution in [0.5, 0.6) is 0 Å². The van der Waals surface area contributed by atoms with E-state index in [0.29, 0.717) is 0 Å². The first kappa shape index (κ1) is 13.1. The summed E-state index contributed by atoms with van der Waals surface area (Å²) < 4.78 is 0. The molecular weight excluding hydrogens is 266 g/mol. The third-order valence-corrected chi connectivity index (χ3v) is 3.84. The fourth-order valence-corrected chi connectivity index (χ4v) is 2.94. The number of rotatable bonds is 2. The van der Waals surface area contributed by atoms with Crippen molar-refractivity contribution in [1.29, 1.82) is 0 Å². The van der Waals surface area contributed by atoms with Gasteiger partial charge in [0.25, 0.3) is 0 Å². The summed E-state index contributed by atoms with van der Waals surface area (Å²) in [7, 11) is 0. The van der Waals surface area contributed by atoms with Crippen LogP contribution in [0.3, 0.4) is 0 Å². The van der Waals surface area contributed by atoms with Gasteiger partial charge in [0.2, 0.25) is 0 Å². The van der Waals surface area contributed by atoms with Crippen molar-refractivity contribution in [3.63, 3.8) is 0 Å². The predicted molar refractivity (Wildman–Crippen MR) is 85.5 cm³/mol. The van der Waals surface area contributed by atoms with E-state index in [0.717, 1.165) is 27.9 Å². The highest BCUT2D eigenvalue weighted by Gasteiger charge is 2.08. The van der Waals surface area contributed by atoms with Gasteiger partial charge in [-0.1, -0.05) is 53.1 Å². The molecule has 0 fully saturated rings. The Labute approximate surface area is 124 Å². The molecule has 2 aromatic carbocycles. The van der Waals surface area contributed by atoms with Crippen LogP contribution in [0.4, 0.5) is 0 Å². The fraction of sp³-hybridized carbons (Fsp3) is 0.167. The van der Waals surface area contributed by atoms with Crippen LogP contribution < -0.4 is 0 Å². The van der Waals surface area contributed by atoms with Crippen LogP contribution in [0.2, 0.25) is 5.02 Å². The maximum Gasteiger partial charge on any atom is 0.0752 e. The summed E-state index contributed by atoms with van der Waals surface area (Å²) >= 11 is 6.39. The molecule has 0 aliphatic heterocycles. The lowest BCUT2D eigenvalue weighted by molar-refractivity contribution is 1.17. The average molecular weight is 282 g/mol. The summed E-state index contributed by atoms with van der Waals surface area (Å²) in [6, 6.07) is 14.6. The monoisotopic (exact) mass is 281 g/mol. The lowest BCUT2D eigenvalue weighted by Gasteiger charge is -2.10. The maximum atomic E-state index is 6.39. The minimum absolute atomic E-state index is 0.787. The highest BCUT2D eigenvalue weighted by molar-refractivity contribution is 6.32. The van der Waals surface area contributed by atoms with Crippen molar-refractivity contribution in [2.24, 2.45) is 0 Å². The van der Waals surface area contributed by atoms with Gasteiger partial charge < -0.3 is 0 Å². The molecule has 0 saturated carbocycles. The lowest BCUT2D eigenvalue weighted by atomic mass is 9.99. The van der Waals surface area contributed by atoms with E-state index in [9.17, 15) is 0 Å². The van der Waals surface area contributed by atoms with E-state index >= 15 is 0 Å². The molecule has 0 saturated heterocycles. The van der Waals surface area contributed by atoms with E-state index in [1.54, 1.807) is 0 Å². The summed E-state index contributed by atoms with van der Waals surface area (Å²) in [5, 5.41) is 1.92. The Morgan fingerprint density at radius 2 is 1.75 bits per heavy atom. The predicted octanol–water partition coefficient (Wildman–Crippen LogP) is 5.10. The number of nitrogens with zero attached hydrogens (tertiary/aromatic N) is 1. The van der Waals surface area contributed by atoms with Gasteiger partial charge in [0.05, 0.1) is 5.52 Å². The normalized spacial score (nSPS) is 10.9. The zero-order valence-electron chi connectivity index (χ0n) is 11.7. The molecule has 100 valence electrons. The van der Waals surface area contributed by atoms with Gasteiger partial charge in [0.15, 0.2) is 0 Å². The van der Waals surface area contributed by atoms with Gasteiger partial charge in [0, 0.05) is 28.6 Å². The Bertz CT molecular complexity index is 757. The van der Waals surface area contributed by atoms with Gasteiger partial charge in [-0.2, -0.15) is 0 Å². The van der Waals surface area contributed by atoms with Gasteiger partial charge in [-0.15, -0.1) is 0 Å². The number of fused-ring (bicyclic) bond motifs is 1. The van der Waals surface area contributed by atoms with E-state index in [-0.39, 0.29) is 0 Å². The molecule has 0 aliphatic carbocycles. The Hall–Kier alpha value is -1.86. The third-order valence-electron chi connectivity index (χ3n) is 3.48. The largest absolute Gasteiger partial charge is 0.256 e. The van der Waals surface area contributed by atoms with Crippen molar-refractivity contribution < 1.29 is 0 Å². The first-order valence-corrected chi connectivity index (χ1v) is 7.10. The van der Waals surface area contributed by atoms with E-state index in [1.807, 2.05) is 24.4 Å². The second-order valence-electron chi connectivity index (χ2n) is 5.27. The van der Waals surface area contributed by atoms with Gasteiger partial charge in [-0.25, -0.2) is 0 Å². The molecular formula is C18H16ClN. The van der Waals surface area contributed by atoms with Crippen LogP contribution >= 0.6 is 11.6 Å². The molecule has 1 nitrogen and oxygen atoms in total. The molecule has 0 amide bonds. The van der Waals surface area contributed by atoms with Crippen LogP contribution in [-0.4, -0.2) is 4.98 Å². The Morgan fingerprint density at radius 1 is 1.00 bits per heavy atom. The van der Waals surface area contributed by atoms with Crippen LogP contribution in [-0.2, 0) is 6.42 Å². The SMILES string of the molecule is Cc1cc(C)cc(Cc2c(Cl)ccc3cccnc23)c1. The van der Waals surface area contributed by atoms with Crippen molar-refractivity contribution in [2.75, 3.05) is 0 Å². The molecule has 20 heavy (non-hydrogen) atoms. The van der Waals surface area contributed by atoms with Gasteiger partial charge in [0.1, 0.15) is 0 Å². The number of aryl methyl sites for hydroxylation is 2. The van der Waals surface area contributed by atoms with E-state index in [1.165, 1.54) is 16.7 Å². The van der Waals surface area contributed by atoms with Crippen molar-refractivity contribution in [3.8, 4) is 0 Å². The van der Waals surface area contributed by atoms with Gasteiger partial charge in [-0.05, 0) is 31.5 Å². The zero-order chi connectivity index (χ0) is 14.1. The second-order valence-corrected chi connectivity index (χ2v) is 5.68. The smallest absolute Gasteiger partial charge is 0.0752 e. The standard InChI is InChI=1S/C18H16ClN/c1-12-8-13(2)10-14(9-12)11-16-17(19)6-5-15-4-3-7-20-18(15)16/h3-10H,11H2,1-2H3. The molecule has 0 spiro atoms. The molecule has 1 heterocycles. The summed E-state index contributed by atoms with van der Waals surface area (Å²) in [4.78, 5) is 4.50. The molecule has 0 N–H and O–H groups in total. The Morgan fingerprint density at radius 3 is 2.50 bits per heavy atom. The summed E-state index contributed by atoms with van der Waals surface area (Å²) in [6.07, 6.45) is 2.64. The van der Waals surface area contributed by atoms with Crippen molar-refractivity contribution in [1.82, 2.24) is 4.98 Å². The Balaban J connectivity index is 2.12. The number of halogens is 1. The minimum atomic E-state index is 0.787. The first-order chi connectivity index (χ1) is 9.63. The maximum absolute atomic E-state index is 6.39. The highest BCUT2D eigenvalue weighted by Crippen LogP contribution is 2.27. The molecule has 0 aliphatic rings. The lowest BCUT2D eigenvalue weighted by Crippen LogP contribution is -1.94. The van der Waals surface area contributed by atoms with Crippen LogP contribution in [0.15, 0.2) is 48.7 Å². The topological polar surface area (TPSA) is 12.9 Å². The Kier molecular flexibility index (Phi) is 3.45. The molecule has 2 heteroatoms. The molecule has 0 atom stereocenters. The zero-order valence-corrected chi connectivity index (χ0v) is 12.4. The molecule has 1 aromatic heterocycles. The highest BCUT2D eigenvalue weighted by atomic mass is 35.5. The minimum Gasteiger partial charge on any atom is -0.256 e. The number of hydrogen-bond acceptors (Lipinski definition) is 1. The molecule has 3 aromatic rings.